The maximum absolute atomic E-state index is 6.15. The Labute approximate surface area is 107 Å². The second kappa shape index (κ2) is 6.03. The Hall–Kier alpha value is -1.06. The number of para-hydroxylation sites is 1. The second-order valence-electron chi connectivity index (χ2n) is 4.23. The van der Waals surface area contributed by atoms with Gasteiger partial charge in [-0.25, -0.2) is 0 Å². The van der Waals surface area contributed by atoms with Gasteiger partial charge in [0.1, 0.15) is 0 Å². The molecule has 90 valence electrons. The molecule has 0 bridgehead atoms. The lowest BCUT2D eigenvalue weighted by Gasteiger charge is -2.12. The second-order valence-corrected chi connectivity index (χ2v) is 5.22. The highest BCUT2D eigenvalue weighted by Crippen LogP contribution is 2.18. The minimum absolute atomic E-state index is 0.244. The first kappa shape index (κ1) is 12.4. The summed E-state index contributed by atoms with van der Waals surface area (Å²) < 4.78 is 0. The minimum Gasteiger partial charge on any atom is -0.327 e. The molecule has 2 rings (SSSR count). The van der Waals surface area contributed by atoms with E-state index in [4.69, 9.17) is 5.73 Å². The lowest BCUT2D eigenvalue weighted by atomic mass is 10.0. The molecule has 0 saturated carbocycles. The lowest BCUT2D eigenvalue weighted by Crippen LogP contribution is -2.23. The van der Waals surface area contributed by atoms with Gasteiger partial charge in [0.05, 0.1) is 5.52 Å². The average molecular weight is 246 g/mol. The van der Waals surface area contributed by atoms with Gasteiger partial charge >= 0.3 is 0 Å². The van der Waals surface area contributed by atoms with Crippen molar-refractivity contribution < 1.29 is 0 Å². The molecule has 0 aliphatic heterocycles. The lowest BCUT2D eigenvalue weighted by molar-refractivity contribution is 0.654. The highest BCUT2D eigenvalue weighted by Gasteiger charge is 2.07. The van der Waals surface area contributed by atoms with Gasteiger partial charge in [0.15, 0.2) is 0 Å². The molecule has 2 N–H and O–H groups in total. The third-order valence-corrected chi connectivity index (χ3v) is 3.56. The van der Waals surface area contributed by atoms with Crippen molar-refractivity contribution in [2.24, 2.45) is 5.73 Å². The summed E-state index contributed by atoms with van der Waals surface area (Å²) >= 11 is 1.85. The van der Waals surface area contributed by atoms with Crippen LogP contribution in [0.1, 0.15) is 12.0 Å². The molecule has 2 aromatic rings. The van der Waals surface area contributed by atoms with E-state index in [2.05, 4.69) is 29.4 Å². The summed E-state index contributed by atoms with van der Waals surface area (Å²) in [5, 5.41) is 1.23. The SMILES string of the molecule is CSCCC(N)Cc1ccnc2ccccc12. The van der Waals surface area contributed by atoms with Crippen molar-refractivity contribution in [3.05, 3.63) is 42.1 Å². The molecule has 0 fully saturated rings. The largest absolute Gasteiger partial charge is 0.327 e. The van der Waals surface area contributed by atoms with E-state index < -0.39 is 0 Å². The highest BCUT2D eigenvalue weighted by atomic mass is 32.2. The molecule has 2 nitrogen and oxygen atoms in total. The average Bonchev–Trinajstić information content (AvgIpc) is 2.37. The molecule has 0 saturated heterocycles. The number of nitrogens with zero attached hydrogens (tertiary/aromatic N) is 1. The number of aromatic nitrogens is 1. The van der Waals surface area contributed by atoms with Gasteiger partial charge in [0.2, 0.25) is 0 Å². The summed E-state index contributed by atoms with van der Waals surface area (Å²) in [6, 6.07) is 10.6. The Bertz CT molecular complexity index is 479. The van der Waals surface area contributed by atoms with Gasteiger partial charge in [-0.1, -0.05) is 18.2 Å². The highest BCUT2D eigenvalue weighted by molar-refractivity contribution is 7.98. The molecule has 0 spiro atoms. The van der Waals surface area contributed by atoms with E-state index in [0.717, 1.165) is 24.1 Å². The number of benzene rings is 1. The Morgan fingerprint density at radius 1 is 1.29 bits per heavy atom. The van der Waals surface area contributed by atoms with Crippen LogP contribution in [-0.2, 0) is 6.42 Å². The zero-order valence-corrected chi connectivity index (χ0v) is 10.9. The summed E-state index contributed by atoms with van der Waals surface area (Å²) in [7, 11) is 0. The van der Waals surface area contributed by atoms with Crippen LogP contribution in [0.15, 0.2) is 36.5 Å². The van der Waals surface area contributed by atoms with Gasteiger partial charge in [-0.3, -0.25) is 4.98 Å². The molecule has 1 heterocycles. The van der Waals surface area contributed by atoms with E-state index in [9.17, 15) is 0 Å². The number of pyridine rings is 1. The molecule has 1 aromatic carbocycles. The van der Waals surface area contributed by atoms with E-state index in [1.54, 1.807) is 0 Å². The molecule has 0 radical (unpaired) electrons. The van der Waals surface area contributed by atoms with Crippen LogP contribution in [0.25, 0.3) is 10.9 Å². The zero-order valence-electron chi connectivity index (χ0n) is 10.1. The summed E-state index contributed by atoms with van der Waals surface area (Å²) in [5.74, 6) is 1.13. The molecular formula is C14H18N2S. The fraction of sp³-hybridized carbons (Fsp3) is 0.357. The number of hydrogen-bond acceptors (Lipinski definition) is 3. The normalized spacial score (nSPS) is 12.8. The van der Waals surface area contributed by atoms with Crippen LogP contribution in [0.3, 0.4) is 0 Å². The van der Waals surface area contributed by atoms with Gasteiger partial charge in [-0.05, 0) is 42.5 Å². The smallest absolute Gasteiger partial charge is 0.0704 e. The third-order valence-electron chi connectivity index (χ3n) is 2.91. The van der Waals surface area contributed by atoms with Gasteiger partial charge in [0, 0.05) is 17.6 Å². The van der Waals surface area contributed by atoms with Crippen molar-refractivity contribution in [1.82, 2.24) is 4.98 Å². The van der Waals surface area contributed by atoms with E-state index in [1.807, 2.05) is 30.1 Å². The molecule has 17 heavy (non-hydrogen) atoms. The van der Waals surface area contributed by atoms with Crippen LogP contribution in [-0.4, -0.2) is 23.0 Å². The number of rotatable bonds is 5. The molecule has 0 aliphatic carbocycles. The summed E-state index contributed by atoms with van der Waals surface area (Å²) in [4.78, 5) is 4.37. The zero-order chi connectivity index (χ0) is 12.1. The van der Waals surface area contributed by atoms with E-state index >= 15 is 0 Å². The Kier molecular flexibility index (Phi) is 4.40. The predicted molar refractivity (Wildman–Crippen MR) is 76.4 cm³/mol. The maximum Gasteiger partial charge on any atom is 0.0704 e. The van der Waals surface area contributed by atoms with Crippen molar-refractivity contribution in [1.29, 1.82) is 0 Å². The first-order valence-corrected chi connectivity index (χ1v) is 7.28. The molecule has 3 heteroatoms. The summed E-state index contributed by atoms with van der Waals surface area (Å²) in [5.41, 5.74) is 8.52. The predicted octanol–water partition coefficient (Wildman–Crippen LogP) is 2.86. The van der Waals surface area contributed by atoms with E-state index in [-0.39, 0.29) is 6.04 Å². The molecule has 1 aromatic heterocycles. The van der Waals surface area contributed by atoms with Crippen LogP contribution in [0, 0.1) is 0 Å². The molecule has 0 aliphatic rings. The van der Waals surface area contributed by atoms with Crippen LogP contribution >= 0.6 is 11.8 Å². The van der Waals surface area contributed by atoms with Crippen molar-refractivity contribution in [2.75, 3.05) is 12.0 Å². The summed E-state index contributed by atoms with van der Waals surface area (Å²) in [6.45, 7) is 0. The number of fused-ring (bicyclic) bond motifs is 1. The van der Waals surface area contributed by atoms with Crippen LogP contribution in [0.5, 0.6) is 0 Å². The number of thioether (sulfide) groups is 1. The van der Waals surface area contributed by atoms with Crippen molar-refractivity contribution in [3.63, 3.8) is 0 Å². The fourth-order valence-corrected chi connectivity index (χ4v) is 2.53. The minimum atomic E-state index is 0.244. The van der Waals surface area contributed by atoms with E-state index in [0.29, 0.717) is 0 Å². The van der Waals surface area contributed by atoms with Gasteiger partial charge < -0.3 is 5.73 Å². The van der Waals surface area contributed by atoms with Gasteiger partial charge in [0.25, 0.3) is 0 Å². The van der Waals surface area contributed by atoms with Crippen molar-refractivity contribution in [3.8, 4) is 0 Å². The molecule has 1 atom stereocenters. The van der Waals surface area contributed by atoms with Crippen LogP contribution in [0.4, 0.5) is 0 Å². The molecule has 0 amide bonds. The van der Waals surface area contributed by atoms with Crippen LogP contribution in [0.2, 0.25) is 0 Å². The van der Waals surface area contributed by atoms with Gasteiger partial charge in [-0.2, -0.15) is 11.8 Å². The Balaban J connectivity index is 2.18. The number of nitrogens with two attached hydrogens (primary N) is 1. The summed E-state index contributed by atoms with van der Waals surface area (Å²) in [6.07, 6.45) is 5.99. The Morgan fingerprint density at radius 3 is 2.94 bits per heavy atom. The maximum atomic E-state index is 6.15. The third kappa shape index (κ3) is 3.20. The molecule has 1 unspecified atom stereocenters. The molecular weight excluding hydrogens is 228 g/mol. The van der Waals surface area contributed by atoms with Crippen molar-refractivity contribution in [2.45, 2.75) is 18.9 Å². The topological polar surface area (TPSA) is 38.9 Å². The standard InChI is InChI=1S/C14H18N2S/c1-17-9-7-12(15)10-11-6-8-16-14-5-3-2-4-13(11)14/h2-6,8,12H,7,9-10,15H2,1H3. The monoisotopic (exact) mass is 246 g/mol. The first-order valence-electron chi connectivity index (χ1n) is 5.88. The number of hydrogen-bond donors (Lipinski definition) is 1. The fourth-order valence-electron chi connectivity index (χ4n) is 1.99. The Morgan fingerprint density at radius 2 is 2.12 bits per heavy atom. The van der Waals surface area contributed by atoms with E-state index in [1.165, 1.54) is 10.9 Å². The van der Waals surface area contributed by atoms with Crippen LogP contribution < -0.4 is 5.73 Å². The van der Waals surface area contributed by atoms with Crippen molar-refractivity contribution >= 4 is 22.7 Å². The first-order chi connectivity index (χ1) is 8.31. The quantitative estimate of drug-likeness (QED) is 0.881. The van der Waals surface area contributed by atoms with Gasteiger partial charge in [-0.15, -0.1) is 0 Å².